The molecule has 1 aromatic carbocycles. The molecule has 2 aromatic rings. The molecule has 2 rings (SSSR count). The van der Waals surface area contributed by atoms with Crippen LogP contribution in [-0.4, -0.2) is 23.1 Å². The number of nitrogens with zero attached hydrogens (tertiary/aromatic N) is 2. The summed E-state index contributed by atoms with van der Waals surface area (Å²) in [6, 6.07) is 7.42. The minimum Gasteiger partial charge on any atom is -0.496 e. The molecule has 0 unspecified atom stereocenters. The molecule has 1 heterocycles. The summed E-state index contributed by atoms with van der Waals surface area (Å²) >= 11 is 0. The second-order valence-corrected chi connectivity index (χ2v) is 4.47. The van der Waals surface area contributed by atoms with Crippen molar-refractivity contribution in [3.05, 3.63) is 52.8 Å². The van der Waals surface area contributed by atoms with Gasteiger partial charge in [-0.1, -0.05) is 6.07 Å². The Balaban J connectivity index is 2.34. The van der Waals surface area contributed by atoms with Gasteiger partial charge in [0.25, 0.3) is 0 Å². The molecule has 19 heavy (non-hydrogen) atoms. The van der Waals surface area contributed by atoms with Crippen molar-refractivity contribution < 1.29 is 9.53 Å². The van der Waals surface area contributed by atoms with E-state index < -0.39 is 0 Å². The topological polar surface area (TPSA) is 52.1 Å². The summed E-state index contributed by atoms with van der Waals surface area (Å²) in [5.41, 5.74) is 3.28. The number of benzene rings is 1. The third-order valence-corrected chi connectivity index (χ3v) is 2.91. The fourth-order valence-electron chi connectivity index (χ4n) is 2.13. The smallest absolute Gasteiger partial charge is 0.172 e. The van der Waals surface area contributed by atoms with Crippen LogP contribution in [0.25, 0.3) is 0 Å². The molecule has 0 bridgehead atoms. The number of carbonyl (C=O) groups is 1. The normalized spacial score (nSPS) is 10.3. The zero-order valence-electron chi connectivity index (χ0n) is 11.3. The van der Waals surface area contributed by atoms with Crippen molar-refractivity contribution in [2.75, 3.05) is 7.11 Å². The van der Waals surface area contributed by atoms with E-state index in [4.69, 9.17) is 4.74 Å². The number of hydrogen-bond acceptors (Lipinski definition) is 4. The van der Waals surface area contributed by atoms with Crippen molar-refractivity contribution in [2.24, 2.45) is 0 Å². The lowest BCUT2D eigenvalue weighted by Crippen LogP contribution is -2.09. The molecular weight excluding hydrogens is 240 g/mol. The molecule has 0 saturated carbocycles. The van der Waals surface area contributed by atoms with E-state index in [9.17, 15) is 4.79 Å². The number of ketones is 1. The van der Waals surface area contributed by atoms with E-state index >= 15 is 0 Å². The maximum atomic E-state index is 12.4. The number of hydrogen-bond donors (Lipinski definition) is 0. The van der Waals surface area contributed by atoms with Gasteiger partial charge in [-0.25, -0.2) is 0 Å². The zero-order chi connectivity index (χ0) is 13.8. The molecule has 0 N–H and O–H groups in total. The molecule has 0 aliphatic carbocycles. The van der Waals surface area contributed by atoms with E-state index in [1.165, 1.54) is 0 Å². The molecule has 0 atom stereocenters. The Morgan fingerprint density at radius 2 is 2.11 bits per heavy atom. The lowest BCUT2D eigenvalue weighted by molar-refractivity contribution is 0.0988. The van der Waals surface area contributed by atoms with Crippen molar-refractivity contribution in [1.29, 1.82) is 0 Å². The number of aryl methyl sites for hydroxylation is 2. The first-order valence-electron chi connectivity index (χ1n) is 6.07. The predicted molar refractivity (Wildman–Crippen MR) is 72.5 cm³/mol. The van der Waals surface area contributed by atoms with E-state index in [-0.39, 0.29) is 12.2 Å². The van der Waals surface area contributed by atoms with E-state index in [1.54, 1.807) is 25.4 Å². The van der Waals surface area contributed by atoms with Crippen LogP contribution < -0.4 is 4.74 Å². The van der Waals surface area contributed by atoms with Crippen molar-refractivity contribution >= 4 is 5.78 Å². The van der Waals surface area contributed by atoms with Gasteiger partial charge in [-0.05, 0) is 43.2 Å². The second-order valence-electron chi connectivity index (χ2n) is 4.47. The Bertz CT molecular complexity index is 595. The van der Waals surface area contributed by atoms with Crippen LogP contribution in [0.15, 0.2) is 30.5 Å². The third-order valence-electron chi connectivity index (χ3n) is 2.91. The Hall–Kier alpha value is -2.23. The van der Waals surface area contributed by atoms with Gasteiger partial charge < -0.3 is 4.74 Å². The highest BCUT2D eigenvalue weighted by Crippen LogP contribution is 2.25. The molecule has 0 amide bonds. The van der Waals surface area contributed by atoms with Gasteiger partial charge in [0, 0.05) is 6.20 Å². The van der Waals surface area contributed by atoms with Gasteiger partial charge in [0.05, 0.1) is 24.8 Å². The largest absolute Gasteiger partial charge is 0.496 e. The van der Waals surface area contributed by atoms with Gasteiger partial charge in [0.1, 0.15) is 5.75 Å². The fraction of sp³-hybridized carbons (Fsp3) is 0.267. The summed E-state index contributed by atoms with van der Waals surface area (Å²) in [5, 5.41) is 7.71. The highest BCUT2D eigenvalue weighted by molar-refractivity contribution is 6.01. The highest BCUT2D eigenvalue weighted by atomic mass is 16.5. The van der Waals surface area contributed by atoms with Gasteiger partial charge in [-0.15, -0.1) is 0 Å². The third kappa shape index (κ3) is 2.96. The number of methoxy groups -OCH3 is 1. The van der Waals surface area contributed by atoms with E-state index in [0.717, 1.165) is 11.1 Å². The van der Waals surface area contributed by atoms with Gasteiger partial charge in [-0.3, -0.25) is 4.79 Å². The van der Waals surface area contributed by atoms with Crippen molar-refractivity contribution in [2.45, 2.75) is 20.3 Å². The molecular formula is C15H16N2O2. The second kappa shape index (κ2) is 5.61. The summed E-state index contributed by atoms with van der Waals surface area (Å²) in [5.74, 6) is 0.612. The highest BCUT2D eigenvalue weighted by Gasteiger charge is 2.16. The van der Waals surface area contributed by atoms with E-state index in [2.05, 4.69) is 10.2 Å². The number of Topliss-reactive ketones (excluding diaryl/α,β-unsaturated/α-hetero) is 1. The summed E-state index contributed by atoms with van der Waals surface area (Å²) in [4.78, 5) is 12.4. The van der Waals surface area contributed by atoms with E-state index in [1.807, 2.05) is 26.0 Å². The summed E-state index contributed by atoms with van der Waals surface area (Å²) in [7, 11) is 1.58. The van der Waals surface area contributed by atoms with Gasteiger partial charge in [0.15, 0.2) is 5.78 Å². The van der Waals surface area contributed by atoms with Crippen LogP contribution in [0.1, 0.15) is 27.2 Å². The molecule has 0 radical (unpaired) electrons. The summed E-state index contributed by atoms with van der Waals surface area (Å²) in [6.07, 6.45) is 1.82. The quantitative estimate of drug-likeness (QED) is 0.789. The van der Waals surface area contributed by atoms with Gasteiger partial charge >= 0.3 is 0 Å². The first kappa shape index (κ1) is 13.2. The van der Waals surface area contributed by atoms with Crippen molar-refractivity contribution in [1.82, 2.24) is 10.2 Å². The number of carbonyl (C=O) groups excluding carboxylic acids is 1. The van der Waals surface area contributed by atoms with Crippen LogP contribution in [0.5, 0.6) is 5.75 Å². The Kier molecular flexibility index (Phi) is 3.90. The minimum atomic E-state index is -0.00477. The van der Waals surface area contributed by atoms with Gasteiger partial charge in [0.2, 0.25) is 0 Å². The molecule has 0 spiro atoms. The van der Waals surface area contributed by atoms with Crippen molar-refractivity contribution in [3.63, 3.8) is 0 Å². The average Bonchev–Trinajstić information content (AvgIpc) is 2.38. The monoisotopic (exact) mass is 256 g/mol. The molecule has 0 fully saturated rings. The first-order chi connectivity index (χ1) is 9.11. The molecule has 0 aliphatic heterocycles. The summed E-state index contributed by atoms with van der Waals surface area (Å²) in [6.45, 7) is 3.89. The molecule has 4 nitrogen and oxygen atoms in total. The number of aromatic nitrogens is 2. The summed E-state index contributed by atoms with van der Waals surface area (Å²) < 4.78 is 5.31. The van der Waals surface area contributed by atoms with Crippen LogP contribution in [0.2, 0.25) is 0 Å². The molecule has 98 valence electrons. The van der Waals surface area contributed by atoms with Crippen LogP contribution in [0, 0.1) is 13.8 Å². The first-order valence-corrected chi connectivity index (χ1v) is 6.07. The Labute approximate surface area is 112 Å². The average molecular weight is 256 g/mol. The maximum Gasteiger partial charge on any atom is 0.172 e. The SMILES string of the molecule is COc1cc(C)cc(C)c1C(=O)Cc1cccnn1. The van der Waals surface area contributed by atoms with Crippen LogP contribution in [0.3, 0.4) is 0 Å². The number of rotatable bonds is 4. The fourth-order valence-corrected chi connectivity index (χ4v) is 2.13. The van der Waals surface area contributed by atoms with Crippen LogP contribution in [0.4, 0.5) is 0 Å². The molecule has 0 saturated heterocycles. The van der Waals surface area contributed by atoms with Gasteiger partial charge in [-0.2, -0.15) is 10.2 Å². The Morgan fingerprint density at radius 3 is 2.74 bits per heavy atom. The number of ether oxygens (including phenoxy) is 1. The lowest BCUT2D eigenvalue weighted by atomic mass is 9.98. The van der Waals surface area contributed by atoms with Crippen molar-refractivity contribution in [3.8, 4) is 5.75 Å². The Morgan fingerprint density at radius 1 is 1.32 bits per heavy atom. The maximum absolute atomic E-state index is 12.4. The molecule has 1 aromatic heterocycles. The standard InChI is InChI=1S/C15H16N2O2/c1-10-7-11(2)15(14(8-10)19-3)13(18)9-12-5-4-6-16-17-12/h4-8H,9H2,1-3H3. The predicted octanol–water partition coefficient (Wildman–Crippen LogP) is 2.53. The zero-order valence-corrected chi connectivity index (χ0v) is 11.3. The lowest BCUT2D eigenvalue weighted by Gasteiger charge is -2.11. The molecule has 4 heteroatoms. The van der Waals surface area contributed by atoms with Crippen LogP contribution in [-0.2, 0) is 6.42 Å². The minimum absolute atomic E-state index is 0.00477. The molecule has 0 aliphatic rings. The van der Waals surface area contributed by atoms with Crippen LogP contribution >= 0.6 is 0 Å². The van der Waals surface area contributed by atoms with E-state index in [0.29, 0.717) is 17.0 Å².